The zero-order chi connectivity index (χ0) is 15.0. The molecular weight excluding hydrogens is 299 g/mol. The quantitative estimate of drug-likeness (QED) is 0.662. The Bertz CT molecular complexity index is 493. The third-order valence-electron chi connectivity index (χ3n) is 4.21. The highest BCUT2D eigenvalue weighted by Crippen LogP contribution is 2.41. The van der Waals surface area contributed by atoms with E-state index in [1.54, 1.807) is 12.1 Å². The van der Waals surface area contributed by atoms with Gasteiger partial charge in [0.2, 0.25) is 0 Å². The number of nitrogens with zero attached hydrogens (tertiary/aromatic N) is 1. The molecule has 0 aromatic heterocycles. The maximum Gasteiger partial charge on any atom is 0.418 e. The summed E-state index contributed by atoms with van der Waals surface area (Å²) in [6, 6.07) is 4.52. The Hall–Kier alpha value is -0.900. The summed E-state index contributed by atoms with van der Waals surface area (Å²) in [5, 5.41) is 0. The molecule has 1 nitrogen and oxygen atoms in total. The Morgan fingerprint density at radius 3 is 2.05 bits per heavy atom. The van der Waals surface area contributed by atoms with E-state index in [0.29, 0.717) is 23.1 Å². The van der Waals surface area contributed by atoms with Crippen molar-refractivity contribution in [2.45, 2.75) is 37.7 Å². The van der Waals surface area contributed by atoms with Crippen molar-refractivity contribution in [3.05, 3.63) is 29.3 Å². The van der Waals surface area contributed by atoms with Crippen LogP contribution in [0.15, 0.2) is 18.2 Å². The Morgan fingerprint density at radius 1 is 1.05 bits per heavy atom. The van der Waals surface area contributed by atoms with E-state index in [1.807, 2.05) is 4.90 Å². The molecule has 0 spiro atoms. The van der Waals surface area contributed by atoms with E-state index in [1.165, 1.54) is 6.07 Å². The zero-order valence-electron chi connectivity index (χ0n) is 11.8. The normalized spacial score (nSPS) is 18.9. The predicted octanol–water partition coefficient (Wildman–Crippen LogP) is 5.07. The lowest BCUT2D eigenvalue weighted by atomic mass is 10.1. The monoisotopic (exact) mass is 317 g/mol. The first-order valence-corrected chi connectivity index (χ1v) is 8.02. The van der Waals surface area contributed by atoms with Crippen LogP contribution < -0.4 is 4.90 Å². The second-order valence-electron chi connectivity index (χ2n) is 6.27. The van der Waals surface area contributed by atoms with Crippen LogP contribution in [0.4, 0.5) is 18.9 Å². The molecule has 2 aliphatic rings. The summed E-state index contributed by atoms with van der Waals surface area (Å²) in [7, 11) is 0. The smallest absolute Gasteiger partial charge is 0.370 e. The molecule has 0 heterocycles. The summed E-state index contributed by atoms with van der Waals surface area (Å²) in [6.07, 6.45) is 0.234. The number of hydrogen-bond donors (Lipinski definition) is 0. The largest absolute Gasteiger partial charge is 0.418 e. The number of benzene rings is 1. The van der Waals surface area contributed by atoms with Crippen molar-refractivity contribution in [3.63, 3.8) is 0 Å². The second kappa shape index (κ2) is 5.71. The van der Waals surface area contributed by atoms with Gasteiger partial charge < -0.3 is 4.90 Å². The van der Waals surface area contributed by atoms with Gasteiger partial charge in [-0.05, 0) is 55.2 Å². The minimum atomic E-state index is -4.33. The van der Waals surface area contributed by atoms with E-state index in [-0.39, 0.29) is 5.88 Å². The van der Waals surface area contributed by atoms with E-state index in [4.69, 9.17) is 11.6 Å². The third kappa shape index (κ3) is 3.85. The van der Waals surface area contributed by atoms with Crippen LogP contribution in [0, 0.1) is 11.8 Å². The molecule has 0 saturated heterocycles. The highest BCUT2D eigenvalue weighted by Gasteiger charge is 2.37. The van der Waals surface area contributed by atoms with E-state index in [2.05, 4.69) is 0 Å². The summed E-state index contributed by atoms with van der Waals surface area (Å²) in [4.78, 5) is 1.95. The van der Waals surface area contributed by atoms with Crippen molar-refractivity contribution >= 4 is 17.3 Å². The van der Waals surface area contributed by atoms with Crippen molar-refractivity contribution < 1.29 is 13.2 Å². The van der Waals surface area contributed by atoms with Gasteiger partial charge in [-0.2, -0.15) is 13.2 Å². The molecule has 2 aliphatic carbocycles. The minimum Gasteiger partial charge on any atom is -0.370 e. The standard InChI is InChI=1S/C16H19ClF3N/c17-8-13-5-6-15(14(7-13)16(18,19)20)21(9-11-1-2-11)10-12-3-4-12/h5-7,11-12H,1-4,8-10H2. The lowest BCUT2D eigenvalue weighted by Gasteiger charge is -2.28. The van der Waals surface area contributed by atoms with Gasteiger partial charge in [-0.3, -0.25) is 0 Å². The van der Waals surface area contributed by atoms with Crippen LogP contribution in [0.2, 0.25) is 0 Å². The highest BCUT2D eigenvalue weighted by molar-refractivity contribution is 6.17. The summed E-state index contributed by atoms with van der Waals surface area (Å²) in [5.41, 5.74) is 0.308. The van der Waals surface area contributed by atoms with E-state index >= 15 is 0 Å². The van der Waals surface area contributed by atoms with Gasteiger partial charge in [-0.1, -0.05) is 6.07 Å². The van der Waals surface area contributed by atoms with E-state index in [0.717, 1.165) is 38.8 Å². The molecule has 0 N–H and O–H groups in total. The van der Waals surface area contributed by atoms with Crippen LogP contribution in [0.5, 0.6) is 0 Å². The molecule has 0 bridgehead atoms. The second-order valence-corrected chi connectivity index (χ2v) is 6.54. The first kappa shape index (κ1) is 15.0. The lowest BCUT2D eigenvalue weighted by molar-refractivity contribution is -0.137. The molecular formula is C16H19ClF3N. The van der Waals surface area contributed by atoms with Crippen molar-refractivity contribution in [1.29, 1.82) is 0 Å². The van der Waals surface area contributed by atoms with Gasteiger partial charge in [0, 0.05) is 24.7 Å². The van der Waals surface area contributed by atoms with Crippen LogP contribution in [0.25, 0.3) is 0 Å². The molecule has 0 radical (unpaired) electrons. The molecule has 2 fully saturated rings. The Balaban J connectivity index is 1.91. The fraction of sp³-hybridized carbons (Fsp3) is 0.625. The van der Waals surface area contributed by atoms with Crippen molar-refractivity contribution in [2.75, 3.05) is 18.0 Å². The average molecular weight is 318 g/mol. The van der Waals surface area contributed by atoms with Gasteiger partial charge in [-0.25, -0.2) is 0 Å². The SMILES string of the molecule is FC(F)(F)c1cc(CCl)ccc1N(CC1CC1)CC1CC1. The Labute approximate surface area is 128 Å². The van der Waals surface area contributed by atoms with E-state index < -0.39 is 11.7 Å². The number of alkyl halides is 4. The number of hydrogen-bond acceptors (Lipinski definition) is 1. The van der Waals surface area contributed by atoms with Crippen molar-refractivity contribution in [3.8, 4) is 0 Å². The van der Waals surface area contributed by atoms with E-state index in [9.17, 15) is 13.2 Å². The molecule has 1 aromatic carbocycles. The molecule has 5 heteroatoms. The zero-order valence-corrected chi connectivity index (χ0v) is 12.6. The van der Waals surface area contributed by atoms with Gasteiger partial charge >= 0.3 is 6.18 Å². The first-order valence-electron chi connectivity index (χ1n) is 7.48. The average Bonchev–Trinajstić information content (AvgIpc) is 3.31. The van der Waals surface area contributed by atoms with Crippen LogP contribution in [0.1, 0.15) is 36.8 Å². The number of rotatable bonds is 6. The first-order chi connectivity index (χ1) is 9.97. The van der Waals surface area contributed by atoms with Crippen molar-refractivity contribution in [1.82, 2.24) is 0 Å². The predicted molar refractivity (Wildman–Crippen MR) is 78.7 cm³/mol. The van der Waals surface area contributed by atoms with Gasteiger partial charge in [0.25, 0.3) is 0 Å². The molecule has 116 valence electrons. The topological polar surface area (TPSA) is 3.24 Å². The molecule has 2 saturated carbocycles. The molecule has 3 rings (SSSR count). The number of anilines is 1. The molecule has 0 amide bonds. The van der Waals surface area contributed by atoms with Crippen LogP contribution in [-0.4, -0.2) is 13.1 Å². The van der Waals surface area contributed by atoms with Crippen molar-refractivity contribution in [2.24, 2.45) is 11.8 Å². The maximum absolute atomic E-state index is 13.4. The summed E-state index contributed by atoms with van der Waals surface area (Å²) in [5.74, 6) is 1.24. The molecule has 21 heavy (non-hydrogen) atoms. The van der Waals surface area contributed by atoms with Gasteiger partial charge in [0.15, 0.2) is 0 Å². The number of halogens is 4. The lowest BCUT2D eigenvalue weighted by Crippen LogP contribution is -2.30. The molecule has 0 atom stereocenters. The molecule has 1 aromatic rings. The summed E-state index contributed by atoms with van der Waals surface area (Å²) < 4.78 is 40.1. The Morgan fingerprint density at radius 2 is 1.62 bits per heavy atom. The molecule has 0 unspecified atom stereocenters. The van der Waals surface area contributed by atoms with Crippen LogP contribution in [0.3, 0.4) is 0 Å². The van der Waals surface area contributed by atoms with Crippen LogP contribution >= 0.6 is 11.6 Å². The molecule has 0 aliphatic heterocycles. The minimum absolute atomic E-state index is 0.106. The summed E-state index contributed by atoms with van der Waals surface area (Å²) >= 11 is 5.69. The van der Waals surface area contributed by atoms with Gasteiger partial charge in [0.05, 0.1) is 5.56 Å². The van der Waals surface area contributed by atoms with Gasteiger partial charge in [0.1, 0.15) is 0 Å². The van der Waals surface area contributed by atoms with Gasteiger partial charge in [-0.15, -0.1) is 11.6 Å². The fourth-order valence-corrected chi connectivity index (χ4v) is 2.83. The Kier molecular flexibility index (Phi) is 4.08. The summed E-state index contributed by atoms with van der Waals surface area (Å²) in [6.45, 7) is 1.50. The fourth-order valence-electron chi connectivity index (χ4n) is 2.66. The maximum atomic E-state index is 13.4. The third-order valence-corrected chi connectivity index (χ3v) is 4.52. The van der Waals surface area contributed by atoms with Crippen LogP contribution in [-0.2, 0) is 12.1 Å². The highest BCUT2D eigenvalue weighted by atomic mass is 35.5.